The molecule has 0 unspecified atom stereocenters. The quantitative estimate of drug-likeness (QED) is 0.437. The number of anilines is 1. The molecule has 0 atom stereocenters. The molecule has 1 heterocycles. The second-order valence-electron chi connectivity index (χ2n) is 4.59. The summed E-state index contributed by atoms with van der Waals surface area (Å²) in [5.74, 6) is 1.11. The van der Waals surface area contributed by atoms with Crippen LogP contribution in [0.3, 0.4) is 0 Å². The lowest BCUT2D eigenvalue weighted by Crippen LogP contribution is -2.04. The van der Waals surface area contributed by atoms with Gasteiger partial charge in [0.2, 0.25) is 10.9 Å². The highest BCUT2D eigenvalue weighted by atomic mass is 32.1. The standard InChI is InChI=1S/C16H19N3O5S/c1-5-24-15(20)11-9-25-16(18-11)19-17-8-10-6-12(21-2)14(23-4)13(7-10)22-3/h6-9H,5H2,1-4H3,(H,18,19). The molecular formula is C16H19N3O5S. The SMILES string of the molecule is CCOC(=O)c1csc(NN=Cc2cc(OC)c(OC)c(OC)c2)n1. The van der Waals surface area contributed by atoms with E-state index in [1.165, 1.54) is 11.3 Å². The van der Waals surface area contributed by atoms with E-state index in [2.05, 4.69) is 15.5 Å². The summed E-state index contributed by atoms with van der Waals surface area (Å²) < 4.78 is 20.7. The summed E-state index contributed by atoms with van der Waals surface area (Å²) in [5.41, 5.74) is 3.76. The molecule has 134 valence electrons. The second kappa shape index (κ2) is 8.88. The lowest BCUT2D eigenvalue weighted by Gasteiger charge is -2.12. The van der Waals surface area contributed by atoms with Crippen molar-refractivity contribution in [3.63, 3.8) is 0 Å². The molecule has 0 aliphatic heterocycles. The Balaban J connectivity index is 2.11. The Hall–Kier alpha value is -2.81. The molecule has 8 nitrogen and oxygen atoms in total. The molecule has 1 aromatic heterocycles. The summed E-state index contributed by atoms with van der Waals surface area (Å²) in [6, 6.07) is 3.52. The van der Waals surface area contributed by atoms with Gasteiger partial charge < -0.3 is 18.9 Å². The predicted octanol–water partition coefficient (Wildman–Crippen LogP) is 2.79. The average Bonchev–Trinajstić information content (AvgIpc) is 3.10. The van der Waals surface area contributed by atoms with Gasteiger partial charge in [-0.25, -0.2) is 9.78 Å². The fourth-order valence-corrected chi connectivity index (χ4v) is 2.59. The van der Waals surface area contributed by atoms with E-state index in [4.69, 9.17) is 18.9 Å². The van der Waals surface area contributed by atoms with Crippen molar-refractivity contribution in [2.24, 2.45) is 5.10 Å². The zero-order valence-electron chi connectivity index (χ0n) is 14.4. The molecule has 0 saturated carbocycles. The molecule has 0 spiro atoms. The van der Waals surface area contributed by atoms with E-state index < -0.39 is 5.97 Å². The Morgan fingerprint density at radius 1 is 1.24 bits per heavy atom. The van der Waals surface area contributed by atoms with Gasteiger partial charge in [-0.05, 0) is 19.1 Å². The number of thiazole rings is 1. The number of esters is 1. The smallest absolute Gasteiger partial charge is 0.357 e. The molecule has 0 bridgehead atoms. The minimum atomic E-state index is -0.458. The van der Waals surface area contributed by atoms with Crippen LogP contribution in [0.5, 0.6) is 17.2 Å². The number of hydrogen-bond donors (Lipinski definition) is 1. The minimum Gasteiger partial charge on any atom is -0.493 e. The monoisotopic (exact) mass is 365 g/mol. The van der Waals surface area contributed by atoms with Gasteiger partial charge in [-0.1, -0.05) is 0 Å². The van der Waals surface area contributed by atoms with Crippen LogP contribution in [0.2, 0.25) is 0 Å². The number of nitrogens with one attached hydrogen (secondary N) is 1. The molecule has 2 aromatic rings. The van der Waals surface area contributed by atoms with Gasteiger partial charge in [-0.15, -0.1) is 11.3 Å². The van der Waals surface area contributed by atoms with Crippen LogP contribution in [-0.4, -0.2) is 45.1 Å². The number of hydrazone groups is 1. The Labute approximate surface area is 149 Å². The van der Waals surface area contributed by atoms with E-state index in [0.29, 0.717) is 29.0 Å². The largest absolute Gasteiger partial charge is 0.493 e. The van der Waals surface area contributed by atoms with Crippen molar-refractivity contribution >= 4 is 28.7 Å². The van der Waals surface area contributed by atoms with Gasteiger partial charge in [0.25, 0.3) is 0 Å². The molecule has 0 amide bonds. The first-order chi connectivity index (χ1) is 12.1. The van der Waals surface area contributed by atoms with Gasteiger partial charge in [-0.2, -0.15) is 5.10 Å². The third kappa shape index (κ3) is 4.60. The van der Waals surface area contributed by atoms with Crippen LogP contribution in [0.4, 0.5) is 5.13 Å². The van der Waals surface area contributed by atoms with E-state index in [0.717, 1.165) is 5.56 Å². The van der Waals surface area contributed by atoms with Crippen LogP contribution in [0.15, 0.2) is 22.6 Å². The number of benzene rings is 1. The number of ether oxygens (including phenoxy) is 4. The molecule has 25 heavy (non-hydrogen) atoms. The van der Waals surface area contributed by atoms with Gasteiger partial charge in [0.15, 0.2) is 17.2 Å². The van der Waals surface area contributed by atoms with Gasteiger partial charge in [0, 0.05) is 10.9 Å². The fourth-order valence-electron chi connectivity index (χ4n) is 1.96. The number of carbonyl (C=O) groups is 1. The van der Waals surface area contributed by atoms with E-state index in [9.17, 15) is 4.79 Å². The van der Waals surface area contributed by atoms with Crippen molar-refractivity contribution < 1.29 is 23.7 Å². The third-order valence-corrected chi connectivity index (χ3v) is 3.80. The summed E-state index contributed by atoms with van der Waals surface area (Å²) in [5, 5.41) is 6.19. The predicted molar refractivity (Wildman–Crippen MR) is 95.4 cm³/mol. The lowest BCUT2D eigenvalue weighted by atomic mass is 10.2. The molecule has 0 aliphatic rings. The van der Waals surface area contributed by atoms with Crippen LogP contribution in [-0.2, 0) is 4.74 Å². The Bertz CT molecular complexity index is 735. The number of carbonyl (C=O) groups excluding carboxylic acids is 1. The first-order valence-electron chi connectivity index (χ1n) is 7.34. The van der Waals surface area contributed by atoms with Gasteiger partial charge in [0.05, 0.1) is 34.2 Å². The number of aromatic nitrogens is 1. The van der Waals surface area contributed by atoms with E-state index >= 15 is 0 Å². The van der Waals surface area contributed by atoms with Crippen molar-refractivity contribution in [1.82, 2.24) is 4.98 Å². The van der Waals surface area contributed by atoms with Crippen LogP contribution in [0.1, 0.15) is 23.0 Å². The number of nitrogens with zero attached hydrogens (tertiary/aromatic N) is 2. The molecule has 2 rings (SSSR count). The highest BCUT2D eigenvalue weighted by Gasteiger charge is 2.13. The molecule has 1 N–H and O–H groups in total. The summed E-state index contributed by atoms with van der Waals surface area (Å²) >= 11 is 1.25. The number of hydrogen-bond acceptors (Lipinski definition) is 9. The highest BCUT2D eigenvalue weighted by Crippen LogP contribution is 2.37. The normalized spacial score (nSPS) is 10.6. The first-order valence-corrected chi connectivity index (χ1v) is 8.22. The van der Waals surface area contributed by atoms with Gasteiger partial charge >= 0.3 is 5.97 Å². The number of methoxy groups -OCH3 is 3. The van der Waals surface area contributed by atoms with E-state index in [1.807, 2.05) is 0 Å². The number of rotatable bonds is 8. The fraction of sp³-hybridized carbons (Fsp3) is 0.312. The zero-order chi connectivity index (χ0) is 18.2. The average molecular weight is 365 g/mol. The van der Waals surface area contributed by atoms with Crippen molar-refractivity contribution in [1.29, 1.82) is 0 Å². The van der Waals surface area contributed by atoms with Crippen LogP contribution >= 0.6 is 11.3 Å². The maximum atomic E-state index is 11.6. The molecule has 9 heteroatoms. The Kier molecular flexibility index (Phi) is 6.58. The van der Waals surface area contributed by atoms with E-state index in [-0.39, 0.29) is 5.69 Å². The van der Waals surface area contributed by atoms with E-state index in [1.54, 1.807) is 52.0 Å². The van der Waals surface area contributed by atoms with Crippen LogP contribution < -0.4 is 19.6 Å². The highest BCUT2D eigenvalue weighted by molar-refractivity contribution is 7.13. The summed E-state index contributed by atoms with van der Waals surface area (Å²) in [4.78, 5) is 15.7. The first kappa shape index (κ1) is 18.5. The molecule has 1 aromatic carbocycles. The molecule has 0 radical (unpaired) electrons. The van der Waals surface area contributed by atoms with Crippen molar-refractivity contribution in [2.45, 2.75) is 6.92 Å². The maximum absolute atomic E-state index is 11.6. The van der Waals surface area contributed by atoms with Crippen LogP contribution in [0.25, 0.3) is 0 Å². The summed E-state index contributed by atoms with van der Waals surface area (Å²) in [6.07, 6.45) is 1.58. The van der Waals surface area contributed by atoms with Crippen LogP contribution in [0, 0.1) is 0 Å². The maximum Gasteiger partial charge on any atom is 0.357 e. The third-order valence-electron chi connectivity index (χ3n) is 3.05. The lowest BCUT2D eigenvalue weighted by molar-refractivity contribution is 0.0520. The second-order valence-corrected chi connectivity index (χ2v) is 5.45. The summed E-state index contributed by atoms with van der Waals surface area (Å²) in [6.45, 7) is 2.05. The molecule has 0 saturated heterocycles. The molecular weight excluding hydrogens is 346 g/mol. The van der Waals surface area contributed by atoms with Gasteiger partial charge in [0.1, 0.15) is 0 Å². The van der Waals surface area contributed by atoms with Crippen molar-refractivity contribution in [3.05, 3.63) is 28.8 Å². The van der Waals surface area contributed by atoms with Crippen molar-refractivity contribution in [3.8, 4) is 17.2 Å². The Morgan fingerprint density at radius 3 is 2.48 bits per heavy atom. The minimum absolute atomic E-state index is 0.248. The molecule has 0 aliphatic carbocycles. The van der Waals surface area contributed by atoms with Gasteiger partial charge in [-0.3, -0.25) is 5.43 Å². The topological polar surface area (TPSA) is 91.3 Å². The Morgan fingerprint density at radius 2 is 1.92 bits per heavy atom. The molecule has 0 fully saturated rings. The zero-order valence-corrected chi connectivity index (χ0v) is 15.2. The summed E-state index contributed by atoms with van der Waals surface area (Å²) in [7, 11) is 4.63. The van der Waals surface area contributed by atoms with Crippen molar-refractivity contribution in [2.75, 3.05) is 33.4 Å².